The fourth-order valence-electron chi connectivity index (χ4n) is 6.96. The van der Waals surface area contributed by atoms with Crippen LogP contribution in [-0.2, 0) is 23.9 Å². The van der Waals surface area contributed by atoms with Crippen molar-refractivity contribution in [2.75, 3.05) is 27.3 Å². The lowest BCUT2D eigenvalue weighted by molar-refractivity contribution is -0.193. The Kier molecular flexibility index (Phi) is 6.96. The first-order chi connectivity index (χ1) is 14.6. The number of Topliss-reactive ketones (excluding diaryl/α,β-unsaturated/α-hetero) is 1. The van der Waals surface area contributed by atoms with E-state index in [1.807, 2.05) is 13.8 Å². The summed E-state index contributed by atoms with van der Waals surface area (Å²) in [5.74, 6) is -1.83. The summed E-state index contributed by atoms with van der Waals surface area (Å²) in [4.78, 5) is 38.5. The molecule has 3 saturated carbocycles. The van der Waals surface area contributed by atoms with Crippen molar-refractivity contribution >= 4 is 17.7 Å². The van der Waals surface area contributed by atoms with Crippen LogP contribution in [-0.4, -0.2) is 56.2 Å². The van der Waals surface area contributed by atoms with Gasteiger partial charge in [-0.2, -0.15) is 0 Å². The van der Waals surface area contributed by atoms with Crippen molar-refractivity contribution < 1.29 is 29.0 Å². The molecule has 31 heavy (non-hydrogen) atoms. The van der Waals surface area contributed by atoms with Crippen LogP contribution in [0.4, 0.5) is 0 Å². The standard InChI is InChI=1S/C24H37NO6/c1-14-15(13-17(26)31-12-11-25-4)7-8-16-18(14)19(27)20(28)21-23(16,2)9-6-10-24(21,3)22(29)30-5/h13-14,16,18-19,21,25,27H,6-12H2,1-5H3/t14-,16+,18+,19+,21+,23+,24-/m0/s1. The van der Waals surface area contributed by atoms with E-state index in [2.05, 4.69) is 12.2 Å². The van der Waals surface area contributed by atoms with Gasteiger partial charge in [-0.05, 0) is 56.9 Å². The highest BCUT2D eigenvalue weighted by Crippen LogP contribution is 2.64. The molecule has 7 atom stereocenters. The molecule has 0 aromatic heterocycles. The summed E-state index contributed by atoms with van der Waals surface area (Å²) >= 11 is 0. The monoisotopic (exact) mass is 435 g/mol. The maximum atomic E-state index is 13.5. The van der Waals surface area contributed by atoms with Gasteiger partial charge in [-0.15, -0.1) is 0 Å². The Hall–Kier alpha value is -1.73. The van der Waals surface area contributed by atoms with Crippen molar-refractivity contribution in [3.05, 3.63) is 11.6 Å². The Balaban J connectivity index is 1.90. The smallest absolute Gasteiger partial charge is 0.330 e. The summed E-state index contributed by atoms with van der Waals surface area (Å²) in [6.45, 7) is 6.82. The highest BCUT2D eigenvalue weighted by atomic mass is 16.5. The molecule has 2 N–H and O–H groups in total. The number of ether oxygens (including phenoxy) is 2. The van der Waals surface area contributed by atoms with Crippen molar-refractivity contribution in [1.29, 1.82) is 0 Å². The topological polar surface area (TPSA) is 102 Å². The van der Waals surface area contributed by atoms with E-state index in [0.29, 0.717) is 19.6 Å². The molecule has 0 spiro atoms. The summed E-state index contributed by atoms with van der Waals surface area (Å²) in [6, 6.07) is 0. The van der Waals surface area contributed by atoms with Crippen LogP contribution in [0.5, 0.6) is 0 Å². The van der Waals surface area contributed by atoms with E-state index >= 15 is 0 Å². The summed E-state index contributed by atoms with van der Waals surface area (Å²) in [5, 5.41) is 14.1. The van der Waals surface area contributed by atoms with Gasteiger partial charge in [0.05, 0.1) is 12.5 Å². The van der Waals surface area contributed by atoms with Crippen LogP contribution in [0.3, 0.4) is 0 Å². The molecular formula is C24H37NO6. The minimum absolute atomic E-state index is 0.0990. The minimum Gasteiger partial charge on any atom is -0.469 e. The molecule has 0 amide bonds. The number of ketones is 1. The van der Waals surface area contributed by atoms with E-state index in [1.165, 1.54) is 7.11 Å². The number of nitrogens with one attached hydrogen (secondary N) is 1. The Labute approximate surface area is 184 Å². The lowest BCUT2D eigenvalue weighted by atomic mass is 9.42. The molecule has 3 aliphatic carbocycles. The predicted molar refractivity (Wildman–Crippen MR) is 115 cm³/mol. The van der Waals surface area contributed by atoms with Gasteiger partial charge in [-0.25, -0.2) is 4.79 Å². The van der Waals surface area contributed by atoms with Gasteiger partial charge in [0.25, 0.3) is 0 Å². The second-order valence-corrected chi connectivity index (χ2v) is 10.1. The number of hydrogen-bond acceptors (Lipinski definition) is 7. The molecule has 3 fully saturated rings. The van der Waals surface area contributed by atoms with Crippen molar-refractivity contribution in [2.45, 2.75) is 59.0 Å². The van der Waals surface area contributed by atoms with Crippen LogP contribution in [0, 0.1) is 34.5 Å². The second kappa shape index (κ2) is 9.02. The first-order valence-corrected chi connectivity index (χ1v) is 11.4. The third-order valence-corrected chi connectivity index (χ3v) is 8.42. The van der Waals surface area contributed by atoms with Gasteiger partial charge in [0.2, 0.25) is 0 Å². The number of hydrogen-bond donors (Lipinski definition) is 2. The normalized spacial score (nSPS) is 41.3. The predicted octanol–water partition coefficient (Wildman–Crippen LogP) is 2.27. The van der Waals surface area contributed by atoms with Gasteiger partial charge >= 0.3 is 11.9 Å². The Morgan fingerprint density at radius 2 is 2.00 bits per heavy atom. The average Bonchev–Trinajstić information content (AvgIpc) is 2.73. The van der Waals surface area contributed by atoms with E-state index in [-0.39, 0.29) is 40.9 Å². The number of carbonyl (C=O) groups excluding carboxylic acids is 3. The lowest BCUT2D eigenvalue weighted by Crippen LogP contribution is -2.65. The van der Waals surface area contributed by atoms with Crippen molar-refractivity contribution in [1.82, 2.24) is 5.32 Å². The summed E-state index contributed by atoms with van der Waals surface area (Å²) in [7, 11) is 3.16. The molecule has 0 unspecified atom stereocenters. The number of allylic oxidation sites excluding steroid dienone is 1. The first-order valence-electron chi connectivity index (χ1n) is 11.4. The highest BCUT2D eigenvalue weighted by molar-refractivity contribution is 5.93. The molecule has 3 rings (SSSR count). The number of aliphatic hydroxyl groups is 1. The van der Waals surface area contributed by atoms with Crippen molar-refractivity contribution in [3.63, 3.8) is 0 Å². The van der Waals surface area contributed by atoms with Crippen LogP contribution in [0.25, 0.3) is 0 Å². The quantitative estimate of drug-likeness (QED) is 0.388. The van der Waals surface area contributed by atoms with E-state index < -0.39 is 17.4 Å². The number of carbonyl (C=O) groups is 3. The van der Waals surface area contributed by atoms with Crippen LogP contribution in [0.1, 0.15) is 52.9 Å². The minimum atomic E-state index is -1.15. The van der Waals surface area contributed by atoms with Gasteiger partial charge < -0.3 is 19.9 Å². The van der Waals surface area contributed by atoms with E-state index in [1.54, 1.807) is 13.1 Å². The molecule has 0 bridgehead atoms. The molecule has 0 aromatic carbocycles. The third kappa shape index (κ3) is 3.95. The highest BCUT2D eigenvalue weighted by Gasteiger charge is 2.66. The summed E-state index contributed by atoms with van der Waals surface area (Å²) in [6.07, 6.45) is 4.18. The van der Waals surface area contributed by atoms with E-state index in [9.17, 15) is 19.5 Å². The number of rotatable bonds is 5. The molecule has 174 valence electrons. The zero-order valence-corrected chi connectivity index (χ0v) is 19.4. The number of fused-ring (bicyclic) bond motifs is 3. The van der Waals surface area contributed by atoms with E-state index in [4.69, 9.17) is 9.47 Å². The SMILES string of the molecule is CNCCOC(=O)C=C1CC[C@@H]2[C@@H]([C@H]1C)[C@@H](O)C(=O)[C@@H]1[C@]2(C)CCC[C@]1(C)C(=O)OC. The molecule has 0 aliphatic heterocycles. The number of aliphatic hydroxyl groups excluding tert-OH is 1. The molecule has 7 nitrogen and oxygen atoms in total. The second-order valence-electron chi connectivity index (χ2n) is 10.1. The number of likely N-dealkylation sites (N-methyl/N-ethyl adjacent to an activating group) is 1. The summed E-state index contributed by atoms with van der Waals surface area (Å²) in [5.41, 5.74) is -0.368. The molecule has 3 aliphatic rings. The van der Waals surface area contributed by atoms with Gasteiger partial charge in [0, 0.05) is 24.5 Å². The van der Waals surface area contributed by atoms with Crippen molar-refractivity contribution in [3.8, 4) is 0 Å². The van der Waals surface area contributed by atoms with Crippen molar-refractivity contribution in [2.24, 2.45) is 34.5 Å². The van der Waals surface area contributed by atoms with Crippen LogP contribution >= 0.6 is 0 Å². The molecule has 0 aromatic rings. The molecule has 0 heterocycles. The van der Waals surface area contributed by atoms with E-state index in [0.717, 1.165) is 31.3 Å². The van der Waals surface area contributed by atoms with Crippen LogP contribution in [0.15, 0.2) is 11.6 Å². The lowest BCUT2D eigenvalue weighted by Gasteiger charge is -2.61. The molecule has 0 radical (unpaired) electrons. The number of esters is 2. The van der Waals surface area contributed by atoms with Gasteiger partial charge in [-0.1, -0.05) is 25.8 Å². The van der Waals surface area contributed by atoms with Crippen LogP contribution in [0.2, 0.25) is 0 Å². The van der Waals surface area contributed by atoms with Gasteiger partial charge in [0.15, 0.2) is 5.78 Å². The fraction of sp³-hybridized carbons (Fsp3) is 0.792. The Morgan fingerprint density at radius 3 is 2.65 bits per heavy atom. The fourth-order valence-corrected chi connectivity index (χ4v) is 6.96. The zero-order valence-electron chi connectivity index (χ0n) is 19.4. The maximum Gasteiger partial charge on any atom is 0.330 e. The Morgan fingerprint density at radius 1 is 1.29 bits per heavy atom. The van der Waals surface area contributed by atoms with Crippen LogP contribution < -0.4 is 5.32 Å². The average molecular weight is 436 g/mol. The van der Waals surface area contributed by atoms with Gasteiger partial charge in [-0.3, -0.25) is 9.59 Å². The maximum absolute atomic E-state index is 13.5. The molecule has 0 saturated heterocycles. The molecule has 7 heteroatoms. The largest absolute Gasteiger partial charge is 0.469 e. The molecular weight excluding hydrogens is 398 g/mol. The third-order valence-electron chi connectivity index (χ3n) is 8.42. The zero-order chi connectivity index (χ0) is 23.0. The Bertz CT molecular complexity index is 763. The van der Waals surface area contributed by atoms with Gasteiger partial charge in [0.1, 0.15) is 12.7 Å². The first kappa shape index (κ1) is 23.9. The summed E-state index contributed by atoms with van der Waals surface area (Å²) < 4.78 is 10.3. The number of methoxy groups -OCH3 is 1.